The van der Waals surface area contributed by atoms with Gasteiger partial charge in [-0.2, -0.15) is 0 Å². The number of rotatable bonds is 5. The van der Waals surface area contributed by atoms with E-state index < -0.39 is 6.23 Å². The highest BCUT2D eigenvalue weighted by Gasteiger charge is 2.15. The van der Waals surface area contributed by atoms with Crippen LogP contribution in [0.25, 0.3) is 10.2 Å². The summed E-state index contributed by atoms with van der Waals surface area (Å²) in [6.45, 7) is 0.582. The van der Waals surface area contributed by atoms with E-state index in [-0.39, 0.29) is 0 Å². The molecular formula is C14H15N5OS. The first kappa shape index (κ1) is 13.9. The van der Waals surface area contributed by atoms with Gasteiger partial charge in [0.2, 0.25) is 5.95 Å². The number of aromatic nitrogens is 3. The van der Waals surface area contributed by atoms with Crippen molar-refractivity contribution in [2.24, 2.45) is 0 Å². The lowest BCUT2D eigenvalue weighted by Gasteiger charge is -2.12. The molecule has 7 heteroatoms. The van der Waals surface area contributed by atoms with Crippen LogP contribution in [0.1, 0.15) is 17.5 Å². The monoisotopic (exact) mass is 301 g/mol. The number of thiophene rings is 1. The highest BCUT2D eigenvalue weighted by atomic mass is 32.1. The molecule has 0 bridgehead atoms. The quantitative estimate of drug-likeness (QED) is 0.624. The third kappa shape index (κ3) is 2.99. The van der Waals surface area contributed by atoms with Gasteiger partial charge in [0.1, 0.15) is 11.9 Å². The Balaban J connectivity index is 1.88. The van der Waals surface area contributed by atoms with Crippen LogP contribution in [0.5, 0.6) is 0 Å². The first-order chi connectivity index (χ1) is 10.3. The number of hydrogen-bond donors (Lipinski definition) is 3. The molecule has 108 valence electrons. The predicted octanol–water partition coefficient (Wildman–Crippen LogP) is 1.91. The van der Waals surface area contributed by atoms with E-state index in [1.54, 1.807) is 19.4 Å². The van der Waals surface area contributed by atoms with Crippen LogP contribution in [-0.2, 0) is 6.54 Å². The summed E-state index contributed by atoms with van der Waals surface area (Å²) in [6, 6.07) is 5.78. The van der Waals surface area contributed by atoms with Gasteiger partial charge in [0.25, 0.3) is 0 Å². The Morgan fingerprint density at radius 3 is 3.00 bits per heavy atom. The molecule has 3 aromatic heterocycles. The Labute approximate surface area is 125 Å². The number of pyridine rings is 1. The van der Waals surface area contributed by atoms with Crippen LogP contribution in [0.15, 0.2) is 36.0 Å². The van der Waals surface area contributed by atoms with Crippen molar-refractivity contribution in [1.29, 1.82) is 0 Å². The molecule has 21 heavy (non-hydrogen) atoms. The topological polar surface area (TPSA) is 83.0 Å². The lowest BCUT2D eigenvalue weighted by atomic mass is 10.3. The van der Waals surface area contributed by atoms with Gasteiger partial charge in [-0.3, -0.25) is 10.3 Å². The zero-order valence-corrected chi connectivity index (χ0v) is 12.3. The van der Waals surface area contributed by atoms with Crippen molar-refractivity contribution < 1.29 is 5.11 Å². The zero-order chi connectivity index (χ0) is 14.7. The minimum atomic E-state index is -0.812. The van der Waals surface area contributed by atoms with Crippen molar-refractivity contribution in [1.82, 2.24) is 20.3 Å². The fraction of sp³-hybridized carbons (Fsp3) is 0.214. The van der Waals surface area contributed by atoms with Crippen LogP contribution < -0.4 is 10.6 Å². The van der Waals surface area contributed by atoms with Gasteiger partial charge in [0.15, 0.2) is 0 Å². The largest absolute Gasteiger partial charge is 0.373 e. The van der Waals surface area contributed by atoms with Crippen molar-refractivity contribution in [3.63, 3.8) is 0 Å². The lowest BCUT2D eigenvalue weighted by molar-refractivity contribution is 0.146. The molecule has 0 fully saturated rings. The molecular weight excluding hydrogens is 286 g/mol. The van der Waals surface area contributed by atoms with Crippen molar-refractivity contribution in [2.45, 2.75) is 12.8 Å². The maximum absolute atomic E-state index is 10.0. The number of nitrogens with one attached hydrogen (secondary N) is 2. The van der Waals surface area contributed by atoms with Gasteiger partial charge < -0.3 is 10.4 Å². The molecule has 3 N–H and O–H groups in total. The second-order valence-electron chi connectivity index (χ2n) is 4.47. The molecule has 0 aromatic carbocycles. The number of fused-ring (bicyclic) bond motifs is 1. The molecule has 1 atom stereocenters. The van der Waals surface area contributed by atoms with Gasteiger partial charge in [0.05, 0.1) is 10.2 Å². The van der Waals surface area contributed by atoms with E-state index in [9.17, 15) is 5.11 Å². The standard InChI is InChI=1S/C14H15N5OS/c1-15-13(20)11-12-10(4-6-21-12)18-14(19-11)17-8-9-3-2-5-16-7-9/h2-7,13,15,20H,8H2,1H3,(H,17,18,19). The molecule has 3 heterocycles. The summed E-state index contributed by atoms with van der Waals surface area (Å²) in [4.78, 5) is 12.9. The first-order valence-electron chi connectivity index (χ1n) is 6.51. The third-order valence-corrected chi connectivity index (χ3v) is 3.96. The van der Waals surface area contributed by atoms with E-state index in [0.717, 1.165) is 15.8 Å². The lowest BCUT2D eigenvalue weighted by Crippen LogP contribution is -2.18. The number of aliphatic hydroxyl groups is 1. The second kappa shape index (κ2) is 6.13. The molecule has 0 saturated carbocycles. The number of nitrogens with zero attached hydrogens (tertiary/aromatic N) is 3. The maximum atomic E-state index is 10.0. The summed E-state index contributed by atoms with van der Waals surface area (Å²) in [6.07, 6.45) is 2.71. The molecule has 0 saturated heterocycles. The Morgan fingerprint density at radius 2 is 2.24 bits per heavy atom. The van der Waals surface area contributed by atoms with E-state index in [1.807, 2.05) is 23.6 Å². The van der Waals surface area contributed by atoms with Crippen LogP contribution in [0.2, 0.25) is 0 Å². The molecule has 3 aromatic rings. The average molecular weight is 301 g/mol. The summed E-state index contributed by atoms with van der Waals surface area (Å²) in [7, 11) is 1.69. The smallest absolute Gasteiger partial charge is 0.223 e. The highest BCUT2D eigenvalue weighted by Crippen LogP contribution is 2.26. The summed E-state index contributed by atoms with van der Waals surface area (Å²) >= 11 is 1.52. The van der Waals surface area contributed by atoms with Gasteiger partial charge in [0, 0.05) is 18.9 Å². The third-order valence-electron chi connectivity index (χ3n) is 3.04. The van der Waals surface area contributed by atoms with Gasteiger partial charge in [-0.15, -0.1) is 11.3 Å². The van der Waals surface area contributed by atoms with Crippen molar-refractivity contribution in [2.75, 3.05) is 12.4 Å². The SMILES string of the molecule is CNC(O)c1nc(NCc2cccnc2)nc2ccsc12. The van der Waals surface area contributed by atoms with Crippen LogP contribution in [0, 0.1) is 0 Å². The van der Waals surface area contributed by atoms with Gasteiger partial charge in [-0.25, -0.2) is 9.97 Å². The molecule has 0 spiro atoms. The van der Waals surface area contributed by atoms with Crippen LogP contribution in [0.4, 0.5) is 5.95 Å². The summed E-state index contributed by atoms with van der Waals surface area (Å²) in [5.41, 5.74) is 2.46. The molecule has 0 amide bonds. The van der Waals surface area contributed by atoms with Crippen LogP contribution >= 0.6 is 11.3 Å². The highest BCUT2D eigenvalue weighted by molar-refractivity contribution is 7.17. The van der Waals surface area contributed by atoms with Gasteiger partial charge in [-0.05, 0) is 30.1 Å². The van der Waals surface area contributed by atoms with Crippen LogP contribution in [0.3, 0.4) is 0 Å². The van der Waals surface area contributed by atoms with E-state index >= 15 is 0 Å². The van der Waals surface area contributed by atoms with Crippen LogP contribution in [-0.4, -0.2) is 27.1 Å². The van der Waals surface area contributed by atoms with Crippen molar-refractivity contribution in [3.05, 3.63) is 47.2 Å². The molecule has 0 radical (unpaired) electrons. The summed E-state index contributed by atoms with van der Waals surface area (Å²) in [5, 5.41) is 17.9. The molecule has 1 unspecified atom stereocenters. The van der Waals surface area contributed by atoms with E-state index in [0.29, 0.717) is 18.2 Å². The minimum Gasteiger partial charge on any atom is -0.373 e. The number of aliphatic hydroxyl groups excluding tert-OH is 1. The van der Waals surface area contributed by atoms with Crippen molar-refractivity contribution in [3.8, 4) is 0 Å². The zero-order valence-electron chi connectivity index (χ0n) is 11.4. The fourth-order valence-electron chi connectivity index (χ4n) is 1.97. The number of hydrogen-bond acceptors (Lipinski definition) is 7. The Hall–Kier alpha value is -2.09. The minimum absolute atomic E-state index is 0.494. The number of anilines is 1. The molecule has 3 rings (SSSR count). The summed E-state index contributed by atoms with van der Waals surface area (Å²) < 4.78 is 0.892. The molecule has 0 aliphatic heterocycles. The van der Waals surface area contributed by atoms with E-state index in [4.69, 9.17) is 0 Å². The molecule has 0 aliphatic carbocycles. The first-order valence-corrected chi connectivity index (χ1v) is 7.39. The predicted molar refractivity (Wildman–Crippen MR) is 83.0 cm³/mol. The molecule has 6 nitrogen and oxygen atoms in total. The average Bonchev–Trinajstić information content (AvgIpc) is 3.00. The summed E-state index contributed by atoms with van der Waals surface area (Å²) in [5.74, 6) is 0.494. The van der Waals surface area contributed by atoms with Gasteiger partial charge >= 0.3 is 0 Å². The van der Waals surface area contributed by atoms with E-state index in [1.165, 1.54) is 11.3 Å². The van der Waals surface area contributed by atoms with Crippen molar-refractivity contribution >= 4 is 27.5 Å². The molecule has 0 aliphatic rings. The Bertz CT molecular complexity index is 731. The second-order valence-corrected chi connectivity index (χ2v) is 5.39. The normalized spacial score (nSPS) is 12.5. The van der Waals surface area contributed by atoms with Gasteiger partial charge in [-0.1, -0.05) is 6.07 Å². The Kier molecular flexibility index (Phi) is 4.05. The fourth-order valence-corrected chi connectivity index (χ4v) is 2.82. The Morgan fingerprint density at radius 1 is 1.33 bits per heavy atom. The maximum Gasteiger partial charge on any atom is 0.223 e. The van der Waals surface area contributed by atoms with E-state index in [2.05, 4.69) is 25.6 Å².